The van der Waals surface area contributed by atoms with E-state index >= 15 is 0 Å². The van der Waals surface area contributed by atoms with Gasteiger partial charge in [0.15, 0.2) is 10.8 Å². The molecule has 11 heteroatoms. The van der Waals surface area contributed by atoms with Crippen LogP contribution < -0.4 is 10.2 Å². The lowest BCUT2D eigenvalue weighted by atomic mass is 9.43. The lowest BCUT2D eigenvalue weighted by Gasteiger charge is -2.65. The van der Waals surface area contributed by atoms with E-state index in [0.717, 1.165) is 70.5 Å². The van der Waals surface area contributed by atoms with Crippen LogP contribution in [-0.4, -0.2) is 56.1 Å². The summed E-state index contributed by atoms with van der Waals surface area (Å²) in [5.74, 6) is -0.375. The Kier molecular flexibility index (Phi) is 6.76. The number of carboxylic acids is 1. The Labute approximate surface area is 306 Å². The number of anilines is 2. The van der Waals surface area contributed by atoms with Gasteiger partial charge in [-0.1, -0.05) is 42.5 Å². The third-order valence-corrected chi connectivity index (χ3v) is 14.2. The Morgan fingerprint density at radius 1 is 1.04 bits per heavy atom. The number of hydrogen-bond acceptors (Lipinski definition) is 7. The number of aryl methyl sites for hydroxylation is 1. The highest BCUT2D eigenvalue weighted by molar-refractivity contribution is 7.22. The summed E-state index contributed by atoms with van der Waals surface area (Å²) in [6.45, 7) is 5.92. The number of carbonyl (C=O) groups is 2. The van der Waals surface area contributed by atoms with E-state index in [0.29, 0.717) is 39.7 Å². The minimum Gasteiger partial charge on any atom is -0.476 e. The zero-order chi connectivity index (χ0) is 35.6. The molecule has 6 aliphatic rings. The minimum absolute atomic E-state index is 0.00916. The van der Waals surface area contributed by atoms with E-state index in [1.54, 1.807) is 4.90 Å². The van der Waals surface area contributed by atoms with Crippen LogP contribution in [-0.2, 0) is 17.7 Å². The summed E-state index contributed by atoms with van der Waals surface area (Å²) in [6.07, 6.45) is 10.7. The molecule has 4 heterocycles. The number of fused-ring (bicyclic) bond motifs is 2. The molecule has 266 valence electrons. The molecule has 1 spiro atoms. The number of aromatic nitrogens is 4. The normalized spacial score (nSPS) is 29.6. The van der Waals surface area contributed by atoms with Crippen molar-refractivity contribution in [1.29, 1.82) is 0 Å². The number of carbonyl (C=O) groups excluding carboxylic acids is 1. The van der Waals surface area contributed by atoms with Crippen LogP contribution in [0.25, 0.3) is 32.6 Å². The summed E-state index contributed by atoms with van der Waals surface area (Å²) in [5, 5.41) is 18.9. The lowest BCUT2D eigenvalue weighted by Crippen LogP contribution is -2.61. The first-order chi connectivity index (χ1) is 25.0. The number of thiazole rings is 1. The van der Waals surface area contributed by atoms with Gasteiger partial charge in [-0.3, -0.25) is 14.9 Å². The average Bonchev–Trinajstić information content (AvgIpc) is 3.50. The standard InChI is InChI=1S/C41H42N6O4S/c1-24-28(17-42-47(24)23-40-19-38(2)18-39(16-33(39)40)21-41(20-38,22-40)51-3)27-12-13-29(43-34(27)35(48)49)26-11-10-25-7-6-14-46(31(25)15-26)37(50)45-36-44-30-8-4-5-9-32(30)52-36/h4-5,8-13,15,17,33H,6-7,14,16,18-23H2,1-3H3,(H,48,49)(H,44,45,50). The minimum atomic E-state index is -1.09. The third-order valence-electron chi connectivity index (χ3n) is 13.2. The van der Waals surface area contributed by atoms with E-state index in [1.807, 2.05) is 67.9 Å². The number of ether oxygens (including phenoxy) is 1. The molecule has 52 heavy (non-hydrogen) atoms. The molecule has 3 aromatic heterocycles. The molecule has 11 rings (SSSR count). The fourth-order valence-electron chi connectivity index (χ4n) is 11.7. The molecule has 5 fully saturated rings. The van der Waals surface area contributed by atoms with Gasteiger partial charge in [-0.15, -0.1) is 0 Å². The molecule has 1 aliphatic heterocycles. The molecule has 5 saturated carbocycles. The zero-order valence-corrected chi connectivity index (χ0v) is 30.6. The van der Waals surface area contributed by atoms with Crippen LogP contribution in [0.15, 0.2) is 60.8 Å². The maximum Gasteiger partial charge on any atom is 0.355 e. The Morgan fingerprint density at radius 3 is 2.73 bits per heavy atom. The number of benzene rings is 2. The van der Waals surface area contributed by atoms with Crippen molar-refractivity contribution in [2.45, 2.75) is 77.4 Å². The SMILES string of the molecule is COC12CC3(C)CC4(CC4C(Cn4ncc(-c5ccc(-c6ccc7c(c6)N(C(=O)Nc6nc8ccccc8s6)CCC7)nc5C(=O)O)c4C)(C3)C1)C2. The number of methoxy groups -OCH3 is 1. The van der Waals surface area contributed by atoms with Crippen LogP contribution in [0, 0.1) is 29.1 Å². The number of rotatable bonds is 7. The highest BCUT2D eigenvalue weighted by atomic mass is 32.1. The number of urea groups is 1. The number of aromatic carboxylic acids is 1. The van der Waals surface area contributed by atoms with Gasteiger partial charge < -0.3 is 9.84 Å². The fourth-order valence-corrected chi connectivity index (χ4v) is 12.6. The van der Waals surface area contributed by atoms with Crippen LogP contribution in [0.5, 0.6) is 0 Å². The van der Waals surface area contributed by atoms with Crippen LogP contribution in [0.2, 0.25) is 0 Å². The maximum absolute atomic E-state index is 13.6. The summed E-state index contributed by atoms with van der Waals surface area (Å²) < 4.78 is 9.46. The number of nitrogens with one attached hydrogen (secondary N) is 1. The number of hydrogen-bond donors (Lipinski definition) is 2. The summed E-state index contributed by atoms with van der Waals surface area (Å²) in [6, 6.07) is 17.3. The second-order valence-electron chi connectivity index (χ2n) is 16.8. The fraction of sp³-hybridized carbons (Fsp3) is 0.439. The van der Waals surface area contributed by atoms with Crippen molar-refractivity contribution in [2.75, 3.05) is 23.9 Å². The van der Waals surface area contributed by atoms with Crippen LogP contribution >= 0.6 is 11.3 Å². The molecule has 10 nitrogen and oxygen atoms in total. The summed E-state index contributed by atoms with van der Waals surface area (Å²) >= 11 is 1.45. The van der Waals surface area contributed by atoms with E-state index < -0.39 is 5.97 Å². The van der Waals surface area contributed by atoms with Crippen LogP contribution in [0.1, 0.15) is 73.6 Å². The molecule has 0 radical (unpaired) electrons. The van der Waals surface area contributed by atoms with E-state index in [-0.39, 0.29) is 22.7 Å². The predicted molar refractivity (Wildman–Crippen MR) is 201 cm³/mol. The van der Waals surface area contributed by atoms with Gasteiger partial charge in [0.05, 0.1) is 27.7 Å². The van der Waals surface area contributed by atoms with E-state index in [2.05, 4.69) is 28.8 Å². The molecule has 5 aromatic rings. The zero-order valence-electron chi connectivity index (χ0n) is 29.7. The number of amides is 2. The molecule has 4 bridgehead atoms. The van der Waals surface area contributed by atoms with Gasteiger partial charge in [0.25, 0.3) is 0 Å². The number of pyridine rings is 1. The number of nitrogens with zero attached hydrogens (tertiary/aromatic N) is 5. The van der Waals surface area contributed by atoms with Gasteiger partial charge in [0.2, 0.25) is 0 Å². The Morgan fingerprint density at radius 2 is 1.90 bits per heavy atom. The van der Waals surface area contributed by atoms with Gasteiger partial charge in [-0.05, 0) is 116 Å². The molecule has 0 saturated heterocycles. The molecule has 2 aromatic carbocycles. The molecule has 5 atom stereocenters. The highest BCUT2D eigenvalue weighted by Crippen LogP contribution is 2.84. The van der Waals surface area contributed by atoms with Gasteiger partial charge in [-0.25, -0.2) is 19.6 Å². The van der Waals surface area contributed by atoms with Crippen molar-refractivity contribution in [3.05, 3.63) is 77.7 Å². The molecule has 2 amide bonds. The van der Waals surface area contributed by atoms with Gasteiger partial charge in [0, 0.05) is 48.3 Å². The molecule has 2 N–H and O–H groups in total. The average molecular weight is 715 g/mol. The van der Waals surface area contributed by atoms with Crippen LogP contribution in [0.3, 0.4) is 0 Å². The van der Waals surface area contributed by atoms with E-state index in [4.69, 9.17) is 14.8 Å². The largest absolute Gasteiger partial charge is 0.476 e. The molecular weight excluding hydrogens is 673 g/mol. The number of para-hydroxylation sites is 1. The first-order valence-electron chi connectivity index (χ1n) is 18.4. The quantitative estimate of drug-likeness (QED) is 0.173. The van der Waals surface area contributed by atoms with Crippen molar-refractivity contribution in [2.24, 2.45) is 22.2 Å². The van der Waals surface area contributed by atoms with Gasteiger partial charge >= 0.3 is 12.0 Å². The Bertz CT molecular complexity index is 2290. The maximum atomic E-state index is 13.6. The van der Waals surface area contributed by atoms with E-state index in [9.17, 15) is 14.7 Å². The summed E-state index contributed by atoms with van der Waals surface area (Å²) in [4.78, 5) is 37.4. The second-order valence-corrected chi connectivity index (χ2v) is 17.8. The highest BCUT2D eigenvalue weighted by Gasteiger charge is 2.78. The molecule has 5 aliphatic carbocycles. The van der Waals surface area contributed by atoms with Crippen molar-refractivity contribution in [3.8, 4) is 22.4 Å². The Balaban J connectivity index is 0.939. The summed E-state index contributed by atoms with van der Waals surface area (Å²) in [5.41, 5.74) is 7.15. The van der Waals surface area contributed by atoms with Crippen molar-refractivity contribution in [3.63, 3.8) is 0 Å². The lowest BCUT2D eigenvalue weighted by molar-refractivity contribution is -0.215. The summed E-state index contributed by atoms with van der Waals surface area (Å²) in [7, 11) is 1.90. The van der Waals surface area contributed by atoms with Gasteiger partial charge in [-0.2, -0.15) is 5.10 Å². The van der Waals surface area contributed by atoms with Crippen molar-refractivity contribution >= 4 is 44.4 Å². The van der Waals surface area contributed by atoms with Crippen LogP contribution in [0.4, 0.5) is 15.6 Å². The number of carboxylic acid groups (broad SMARTS) is 1. The first kappa shape index (κ1) is 32.1. The van der Waals surface area contributed by atoms with Gasteiger partial charge in [0.1, 0.15) is 0 Å². The second kappa shape index (κ2) is 11.0. The van der Waals surface area contributed by atoms with Crippen molar-refractivity contribution < 1.29 is 19.4 Å². The van der Waals surface area contributed by atoms with Crippen molar-refractivity contribution in [1.82, 2.24) is 19.7 Å². The predicted octanol–water partition coefficient (Wildman–Crippen LogP) is 8.59. The monoisotopic (exact) mass is 714 g/mol. The first-order valence-corrected chi connectivity index (χ1v) is 19.2. The Hall–Kier alpha value is -4.61. The topological polar surface area (TPSA) is 122 Å². The third kappa shape index (κ3) is 4.81. The molecular formula is C41H42N6O4S. The van der Waals surface area contributed by atoms with E-state index in [1.165, 1.54) is 37.0 Å². The molecule has 5 unspecified atom stereocenters. The smallest absolute Gasteiger partial charge is 0.355 e.